The second kappa shape index (κ2) is 16.0. The summed E-state index contributed by atoms with van der Waals surface area (Å²) in [5.74, 6) is -0.806. The number of rotatable bonds is 12. The van der Waals surface area contributed by atoms with Crippen molar-refractivity contribution in [1.29, 1.82) is 0 Å². The van der Waals surface area contributed by atoms with Crippen molar-refractivity contribution in [2.75, 3.05) is 10.8 Å². The Balaban J connectivity index is 1.57. The van der Waals surface area contributed by atoms with Crippen molar-refractivity contribution in [1.82, 2.24) is 10.2 Å². The van der Waals surface area contributed by atoms with E-state index in [0.717, 1.165) is 53.1 Å². The standard InChI is InChI=1S/C38H41Cl2N3O4S/c1-27-13-18-32(19-14-27)43(48(46,47)33-20-15-28(2)16-21-33)26-37(44)42(25-30-17-22-34(39)35(40)23-30)36(24-29-9-5-3-6-10-29)38(45)41-31-11-7-4-8-12-31/h3,5-6,9-10,13-23,31,36H,4,7-8,11-12,24-26H2,1-2H3,(H,41,45)/t36-/m0/s1. The zero-order valence-electron chi connectivity index (χ0n) is 27.2. The lowest BCUT2D eigenvalue weighted by atomic mass is 9.94. The highest BCUT2D eigenvalue weighted by Crippen LogP contribution is 2.28. The van der Waals surface area contributed by atoms with Gasteiger partial charge in [-0.3, -0.25) is 13.9 Å². The SMILES string of the molecule is Cc1ccc(N(CC(=O)N(Cc2ccc(Cl)c(Cl)c2)[C@@H](Cc2ccccc2)C(=O)NC2CCCCC2)S(=O)(=O)c2ccc(C)cc2)cc1. The molecule has 0 saturated heterocycles. The van der Waals surface area contributed by atoms with Crippen LogP contribution < -0.4 is 9.62 Å². The summed E-state index contributed by atoms with van der Waals surface area (Å²) in [6.07, 6.45) is 5.18. The molecule has 5 rings (SSSR count). The molecule has 1 aliphatic rings. The fourth-order valence-electron chi connectivity index (χ4n) is 6.01. The molecule has 0 radical (unpaired) electrons. The average Bonchev–Trinajstić information content (AvgIpc) is 3.08. The summed E-state index contributed by atoms with van der Waals surface area (Å²) < 4.78 is 29.6. The van der Waals surface area contributed by atoms with Crippen molar-refractivity contribution in [2.24, 2.45) is 0 Å². The number of nitrogens with one attached hydrogen (secondary N) is 1. The van der Waals surface area contributed by atoms with Crippen LogP contribution in [0.3, 0.4) is 0 Å². The van der Waals surface area contributed by atoms with Gasteiger partial charge in [-0.15, -0.1) is 0 Å². The van der Waals surface area contributed by atoms with Crippen molar-refractivity contribution < 1.29 is 18.0 Å². The van der Waals surface area contributed by atoms with Gasteiger partial charge in [-0.2, -0.15) is 0 Å². The molecular formula is C38H41Cl2N3O4S. The van der Waals surface area contributed by atoms with E-state index in [0.29, 0.717) is 21.3 Å². The summed E-state index contributed by atoms with van der Waals surface area (Å²) in [7, 11) is -4.18. The lowest BCUT2D eigenvalue weighted by molar-refractivity contribution is -0.140. The van der Waals surface area contributed by atoms with E-state index in [1.54, 1.807) is 66.7 Å². The predicted octanol–water partition coefficient (Wildman–Crippen LogP) is 7.89. The van der Waals surface area contributed by atoms with E-state index in [2.05, 4.69) is 5.32 Å². The van der Waals surface area contributed by atoms with Crippen LogP contribution in [0.4, 0.5) is 5.69 Å². The van der Waals surface area contributed by atoms with E-state index in [9.17, 15) is 18.0 Å². The Morgan fingerprint density at radius 3 is 2.04 bits per heavy atom. The molecule has 4 aromatic rings. The van der Waals surface area contributed by atoms with Gasteiger partial charge in [0.05, 0.1) is 20.6 Å². The van der Waals surface area contributed by atoms with Crippen LogP contribution in [0.5, 0.6) is 0 Å². The normalized spacial score (nSPS) is 14.2. The van der Waals surface area contributed by atoms with Gasteiger partial charge in [-0.25, -0.2) is 8.42 Å². The first-order valence-electron chi connectivity index (χ1n) is 16.2. The number of hydrogen-bond donors (Lipinski definition) is 1. The van der Waals surface area contributed by atoms with Crippen LogP contribution in [0.2, 0.25) is 10.0 Å². The molecule has 1 saturated carbocycles. The van der Waals surface area contributed by atoms with E-state index in [-0.39, 0.29) is 29.8 Å². The highest BCUT2D eigenvalue weighted by Gasteiger charge is 2.35. The van der Waals surface area contributed by atoms with Gasteiger partial charge in [0.2, 0.25) is 11.8 Å². The van der Waals surface area contributed by atoms with Crippen LogP contribution in [-0.2, 0) is 32.6 Å². The fourth-order valence-corrected chi connectivity index (χ4v) is 7.75. The van der Waals surface area contributed by atoms with Gasteiger partial charge in [-0.1, -0.05) is 114 Å². The lowest BCUT2D eigenvalue weighted by Crippen LogP contribution is -2.55. The quantitative estimate of drug-likeness (QED) is 0.162. The first-order valence-corrected chi connectivity index (χ1v) is 18.4. The molecule has 10 heteroatoms. The van der Waals surface area contributed by atoms with Crippen molar-refractivity contribution in [3.8, 4) is 0 Å². The van der Waals surface area contributed by atoms with Crippen molar-refractivity contribution in [3.05, 3.63) is 129 Å². The number of anilines is 1. The number of hydrogen-bond acceptors (Lipinski definition) is 4. The number of carbonyl (C=O) groups excluding carboxylic acids is 2. The maximum Gasteiger partial charge on any atom is 0.264 e. The summed E-state index contributed by atoms with van der Waals surface area (Å²) in [5, 5.41) is 3.90. The number of aryl methyl sites for hydroxylation is 2. The largest absolute Gasteiger partial charge is 0.352 e. The molecule has 0 aromatic heterocycles. The number of benzene rings is 4. The Morgan fingerprint density at radius 1 is 0.792 bits per heavy atom. The minimum atomic E-state index is -4.18. The molecule has 0 heterocycles. The Kier molecular flexibility index (Phi) is 11.8. The Hall–Kier alpha value is -3.85. The fraction of sp³-hybridized carbons (Fsp3) is 0.316. The van der Waals surface area contributed by atoms with Gasteiger partial charge in [-0.05, 0) is 74.2 Å². The molecule has 2 amide bonds. The second-order valence-electron chi connectivity index (χ2n) is 12.5. The van der Waals surface area contributed by atoms with Crippen molar-refractivity contribution >= 4 is 50.7 Å². The van der Waals surface area contributed by atoms with Crippen molar-refractivity contribution in [2.45, 2.75) is 75.9 Å². The molecule has 1 fully saturated rings. The molecule has 48 heavy (non-hydrogen) atoms. The molecule has 1 N–H and O–H groups in total. The lowest BCUT2D eigenvalue weighted by Gasteiger charge is -2.35. The highest BCUT2D eigenvalue weighted by atomic mass is 35.5. The van der Waals surface area contributed by atoms with Gasteiger partial charge in [0, 0.05) is 19.0 Å². The molecule has 0 unspecified atom stereocenters. The van der Waals surface area contributed by atoms with Gasteiger partial charge in [0.1, 0.15) is 12.6 Å². The predicted molar refractivity (Wildman–Crippen MR) is 193 cm³/mol. The maximum absolute atomic E-state index is 14.7. The first-order chi connectivity index (χ1) is 23.0. The van der Waals surface area contributed by atoms with Crippen LogP contribution in [0.25, 0.3) is 0 Å². The maximum atomic E-state index is 14.7. The number of amides is 2. The van der Waals surface area contributed by atoms with Crippen molar-refractivity contribution in [3.63, 3.8) is 0 Å². The smallest absolute Gasteiger partial charge is 0.264 e. The Morgan fingerprint density at radius 2 is 1.42 bits per heavy atom. The highest BCUT2D eigenvalue weighted by molar-refractivity contribution is 7.92. The number of sulfonamides is 1. The number of carbonyl (C=O) groups is 2. The summed E-state index contributed by atoms with van der Waals surface area (Å²) in [4.78, 5) is 30.5. The number of nitrogens with zero attached hydrogens (tertiary/aromatic N) is 2. The molecular weight excluding hydrogens is 665 g/mol. The summed E-state index contributed by atoms with van der Waals surface area (Å²) in [6.45, 7) is 3.27. The van der Waals surface area contributed by atoms with Crippen LogP contribution in [-0.4, -0.2) is 43.8 Å². The minimum absolute atomic E-state index is 0.0115. The van der Waals surface area contributed by atoms with E-state index in [1.165, 1.54) is 4.90 Å². The van der Waals surface area contributed by atoms with Crippen LogP contribution in [0, 0.1) is 13.8 Å². The monoisotopic (exact) mass is 705 g/mol. The zero-order chi connectivity index (χ0) is 34.3. The van der Waals surface area contributed by atoms with E-state index >= 15 is 0 Å². The zero-order valence-corrected chi connectivity index (χ0v) is 29.6. The third-order valence-corrected chi connectivity index (χ3v) is 11.3. The van der Waals surface area contributed by atoms with Gasteiger partial charge in [0.15, 0.2) is 0 Å². The molecule has 0 aliphatic heterocycles. The molecule has 1 aliphatic carbocycles. The van der Waals surface area contributed by atoms with Crippen LogP contribution >= 0.6 is 23.2 Å². The van der Waals surface area contributed by atoms with E-state index < -0.39 is 28.5 Å². The molecule has 0 bridgehead atoms. The second-order valence-corrected chi connectivity index (χ2v) is 15.2. The van der Waals surface area contributed by atoms with Gasteiger partial charge >= 0.3 is 0 Å². The molecule has 252 valence electrons. The summed E-state index contributed by atoms with van der Waals surface area (Å²) in [6, 6.07) is 27.2. The van der Waals surface area contributed by atoms with Gasteiger partial charge < -0.3 is 10.2 Å². The first kappa shape index (κ1) is 35.5. The van der Waals surface area contributed by atoms with Gasteiger partial charge in [0.25, 0.3) is 10.0 Å². The minimum Gasteiger partial charge on any atom is -0.352 e. The van der Waals surface area contributed by atoms with E-state index in [4.69, 9.17) is 23.2 Å². The van der Waals surface area contributed by atoms with Crippen LogP contribution in [0.15, 0.2) is 102 Å². The topological polar surface area (TPSA) is 86.8 Å². The molecule has 1 atom stereocenters. The molecule has 7 nitrogen and oxygen atoms in total. The molecule has 0 spiro atoms. The Bertz CT molecular complexity index is 1810. The van der Waals surface area contributed by atoms with E-state index in [1.807, 2.05) is 44.2 Å². The van der Waals surface area contributed by atoms with Crippen LogP contribution in [0.1, 0.15) is 54.4 Å². The average molecular weight is 707 g/mol. The molecule has 4 aromatic carbocycles. The third-order valence-electron chi connectivity index (χ3n) is 8.77. The number of halogens is 2. The Labute approximate surface area is 293 Å². The third kappa shape index (κ3) is 8.98. The summed E-state index contributed by atoms with van der Waals surface area (Å²) in [5.41, 5.74) is 3.73. The summed E-state index contributed by atoms with van der Waals surface area (Å²) >= 11 is 12.6.